The molecular formula is C13H14BrNO3. The third-order valence-electron chi connectivity index (χ3n) is 3.10. The van der Waals surface area contributed by atoms with Gasteiger partial charge in [-0.3, -0.25) is 10.1 Å². The van der Waals surface area contributed by atoms with Crippen molar-refractivity contribution >= 4 is 21.6 Å². The Morgan fingerprint density at radius 1 is 1.39 bits per heavy atom. The van der Waals surface area contributed by atoms with Gasteiger partial charge in [0.25, 0.3) is 5.69 Å². The van der Waals surface area contributed by atoms with Gasteiger partial charge in [0.15, 0.2) is 0 Å². The number of nitro benzene ring substituents is 1. The highest BCUT2D eigenvalue weighted by Crippen LogP contribution is 2.37. The van der Waals surface area contributed by atoms with E-state index in [9.17, 15) is 10.1 Å². The van der Waals surface area contributed by atoms with Crippen LogP contribution in [0.3, 0.4) is 0 Å². The van der Waals surface area contributed by atoms with Gasteiger partial charge in [-0.25, -0.2) is 0 Å². The normalized spacial score (nSPS) is 24.2. The first-order valence-electron chi connectivity index (χ1n) is 5.74. The summed E-state index contributed by atoms with van der Waals surface area (Å²) in [6.07, 6.45) is 0.809. The highest BCUT2D eigenvalue weighted by molar-refractivity contribution is 9.11. The SMILES string of the molecule is CC1=C(Br)[C@H](C)O[C@H](c2ccc([N+](=O)[O-])cc2)C1. The molecule has 18 heavy (non-hydrogen) atoms. The average Bonchev–Trinajstić information content (AvgIpc) is 2.35. The van der Waals surface area contributed by atoms with Gasteiger partial charge in [-0.1, -0.05) is 21.5 Å². The highest BCUT2D eigenvalue weighted by atomic mass is 79.9. The van der Waals surface area contributed by atoms with E-state index in [-0.39, 0.29) is 17.9 Å². The average molecular weight is 312 g/mol. The molecule has 0 N–H and O–H groups in total. The van der Waals surface area contributed by atoms with Crippen molar-refractivity contribution < 1.29 is 9.66 Å². The van der Waals surface area contributed by atoms with Crippen molar-refractivity contribution in [2.24, 2.45) is 0 Å². The third kappa shape index (κ3) is 2.62. The fourth-order valence-corrected chi connectivity index (χ4v) is 2.35. The lowest BCUT2D eigenvalue weighted by atomic mass is 9.98. The minimum Gasteiger partial charge on any atom is -0.365 e. The zero-order chi connectivity index (χ0) is 13.3. The van der Waals surface area contributed by atoms with Gasteiger partial charge >= 0.3 is 0 Å². The lowest BCUT2D eigenvalue weighted by molar-refractivity contribution is -0.384. The number of hydrogen-bond acceptors (Lipinski definition) is 3. The predicted octanol–water partition coefficient (Wildman–Crippen LogP) is 4.11. The van der Waals surface area contributed by atoms with Gasteiger partial charge in [-0.15, -0.1) is 0 Å². The van der Waals surface area contributed by atoms with E-state index in [1.165, 1.54) is 17.7 Å². The number of nitrogens with zero attached hydrogens (tertiary/aromatic N) is 1. The number of nitro groups is 1. The number of non-ortho nitro benzene ring substituents is 1. The Balaban J connectivity index is 2.21. The van der Waals surface area contributed by atoms with Crippen LogP contribution in [0.15, 0.2) is 34.3 Å². The second-order valence-corrected chi connectivity index (χ2v) is 5.30. The van der Waals surface area contributed by atoms with E-state index in [1.807, 2.05) is 6.92 Å². The van der Waals surface area contributed by atoms with Gasteiger partial charge in [0, 0.05) is 16.6 Å². The molecule has 2 atom stereocenters. The second-order valence-electron chi connectivity index (χ2n) is 4.45. The highest BCUT2D eigenvalue weighted by Gasteiger charge is 2.25. The molecule has 0 fully saturated rings. The zero-order valence-electron chi connectivity index (χ0n) is 10.2. The van der Waals surface area contributed by atoms with Gasteiger partial charge in [0.05, 0.1) is 17.1 Å². The summed E-state index contributed by atoms with van der Waals surface area (Å²) < 4.78 is 6.98. The van der Waals surface area contributed by atoms with Crippen LogP contribution in [0.5, 0.6) is 0 Å². The van der Waals surface area contributed by atoms with Crippen LogP contribution < -0.4 is 0 Å². The van der Waals surface area contributed by atoms with Gasteiger partial charge in [-0.05, 0) is 38.0 Å². The van der Waals surface area contributed by atoms with E-state index in [2.05, 4.69) is 22.9 Å². The summed E-state index contributed by atoms with van der Waals surface area (Å²) in [6.45, 7) is 4.06. The number of halogens is 1. The summed E-state index contributed by atoms with van der Waals surface area (Å²) in [4.78, 5) is 10.2. The molecule has 1 aromatic carbocycles. The maximum absolute atomic E-state index is 10.6. The second kappa shape index (κ2) is 5.20. The lowest BCUT2D eigenvalue weighted by Crippen LogP contribution is -2.20. The molecule has 0 amide bonds. The first-order valence-corrected chi connectivity index (χ1v) is 6.53. The summed E-state index contributed by atoms with van der Waals surface area (Å²) in [5.41, 5.74) is 2.35. The van der Waals surface area contributed by atoms with Crippen molar-refractivity contribution in [3.05, 3.63) is 50.0 Å². The Hall–Kier alpha value is -1.20. The first-order chi connectivity index (χ1) is 8.49. The van der Waals surface area contributed by atoms with Gasteiger partial charge < -0.3 is 4.74 Å². The zero-order valence-corrected chi connectivity index (χ0v) is 11.8. The van der Waals surface area contributed by atoms with Crippen LogP contribution in [-0.4, -0.2) is 11.0 Å². The molecule has 0 spiro atoms. The Bertz CT molecular complexity index is 495. The van der Waals surface area contributed by atoms with Gasteiger partial charge in [-0.2, -0.15) is 0 Å². The van der Waals surface area contributed by atoms with Crippen molar-refractivity contribution in [1.29, 1.82) is 0 Å². The van der Waals surface area contributed by atoms with E-state index >= 15 is 0 Å². The number of ether oxygens (including phenoxy) is 1. The molecule has 0 radical (unpaired) electrons. The van der Waals surface area contributed by atoms with Crippen molar-refractivity contribution in [2.75, 3.05) is 0 Å². The monoisotopic (exact) mass is 311 g/mol. The standard InChI is InChI=1S/C13H14BrNO3/c1-8-7-12(18-9(2)13(8)14)10-3-5-11(6-4-10)15(16)17/h3-6,9,12H,7H2,1-2H3/t9-,12-/m0/s1. The van der Waals surface area contributed by atoms with Crippen LogP contribution >= 0.6 is 15.9 Å². The number of benzene rings is 1. The van der Waals surface area contributed by atoms with E-state index in [0.29, 0.717) is 0 Å². The van der Waals surface area contributed by atoms with E-state index < -0.39 is 4.92 Å². The van der Waals surface area contributed by atoms with Crippen LogP contribution in [0.2, 0.25) is 0 Å². The van der Waals surface area contributed by atoms with Crippen molar-refractivity contribution in [3.63, 3.8) is 0 Å². The Morgan fingerprint density at radius 3 is 2.50 bits per heavy atom. The van der Waals surface area contributed by atoms with Crippen molar-refractivity contribution in [2.45, 2.75) is 32.5 Å². The first kappa shape index (κ1) is 13.2. The molecule has 0 unspecified atom stereocenters. The molecule has 0 saturated heterocycles. The molecule has 1 aliphatic heterocycles. The van der Waals surface area contributed by atoms with Crippen LogP contribution in [0.1, 0.15) is 31.9 Å². The largest absolute Gasteiger partial charge is 0.365 e. The van der Waals surface area contributed by atoms with Gasteiger partial charge in [0.2, 0.25) is 0 Å². The maximum atomic E-state index is 10.6. The molecule has 1 aromatic rings. The minimum absolute atomic E-state index is 0.0258. The van der Waals surface area contributed by atoms with E-state index in [1.54, 1.807) is 12.1 Å². The van der Waals surface area contributed by atoms with Crippen molar-refractivity contribution in [1.82, 2.24) is 0 Å². The molecule has 0 bridgehead atoms. The molecule has 4 nitrogen and oxygen atoms in total. The fourth-order valence-electron chi connectivity index (χ4n) is 2.08. The molecule has 1 heterocycles. The van der Waals surface area contributed by atoms with Crippen LogP contribution in [0, 0.1) is 10.1 Å². The molecule has 96 valence electrons. The number of hydrogen-bond donors (Lipinski definition) is 0. The van der Waals surface area contributed by atoms with Crippen LogP contribution in [0.4, 0.5) is 5.69 Å². The van der Waals surface area contributed by atoms with Crippen LogP contribution in [-0.2, 0) is 4.74 Å². The maximum Gasteiger partial charge on any atom is 0.269 e. The quantitative estimate of drug-likeness (QED) is 0.610. The Labute approximate surface area is 114 Å². The summed E-state index contributed by atoms with van der Waals surface area (Å²) >= 11 is 3.52. The van der Waals surface area contributed by atoms with E-state index in [4.69, 9.17) is 4.74 Å². The molecule has 0 saturated carbocycles. The molecule has 0 aliphatic carbocycles. The molecule has 2 rings (SSSR count). The minimum atomic E-state index is -0.393. The molecule has 5 heteroatoms. The third-order valence-corrected chi connectivity index (χ3v) is 4.42. The summed E-state index contributed by atoms with van der Waals surface area (Å²) in [6, 6.07) is 6.57. The van der Waals surface area contributed by atoms with Gasteiger partial charge in [0.1, 0.15) is 0 Å². The topological polar surface area (TPSA) is 52.4 Å². The molecule has 1 aliphatic rings. The van der Waals surface area contributed by atoms with Crippen LogP contribution in [0.25, 0.3) is 0 Å². The summed E-state index contributed by atoms with van der Waals surface area (Å²) in [5, 5.41) is 10.6. The Morgan fingerprint density at radius 2 is 2.00 bits per heavy atom. The molecule has 0 aromatic heterocycles. The predicted molar refractivity (Wildman–Crippen MR) is 72.6 cm³/mol. The molecular weight excluding hydrogens is 298 g/mol. The number of rotatable bonds is 2. The lowest BCUT2D eigenvalue weighted by Gasteiger charge is -2.29. The van der Waals surface area contributed by atoms with E-state index in [0.717, 1.165) is 16.5 Å². The summed E-state index contributed by atoms with van der Waals surface area (Å²) in [5.74, 6) is 0. The fraction of sp³-hybridized carbons (Fsp3) is 0.385. The Kier molecular flexibility index (Phi) is 3.82. The summed E-state index contributed by atoms with van der Waals surface area (Å²) in [7, 11) is 0. The van der Waals surface area contributed by atoms with Crippen molar-refractivity contribution in [3.8, 4) is 0 Å². The smallest absolute Gasteiger partial charge is 0.269 e.